The Morgan fingerprint density at radius 1 is 1.21 bits per heavy atom. The van der Waals surface area contributed by atoms with Gasteiger partial charge in [0.25, 0.3) is 0 Å². The Morgan fingerprint density at radius 2 is 1.84 bits per heavy atom. The van der Waals surface area contributed by atoms with Crippen molar-refractivity contribution in [2.75, 3.05) is 23.9 Å². The maximum atomic E-state index is 12.6. The molecular formula is C9H12ClF4N5. The van der Waals surface area contributed by atoms with Gasteiger partial charge in [0.2, 0.25) is 17.2 Å². The van der Waals surface area contributed by atoms with Gasteiger partial charge in [-0.3, -0.25) is 0 Å². The van der Waals surface area contributed by atoms with Gasteiger partial charge in [-0.25, -0.2) is 4.39 Å². The van der Waals surface area contributed by atoms with Crippen LogP contribution >= 0.6 is 11.6 Å². The van der Waals surface area contributed by atoms with E-state index >= 15 is 0 Å². The minimum Gasteiger partial charge on any atom is -0.351 e. The monoisotopic (exact) mass is 301 g/mol. The molecule has 5 nitrogen and oxygen atoms in total. The van der Waals surface area contributed by atoms with Crippen molar-refractivity contribution in [3.8, 4) is 0 Å². The SMILES string of the molecule is CC[C@@H](Nc1nc(Cl)nc(NCCF)n1)C(F)(F)F. The third-order valence-electron chi connectivity index (χ3n) is 2.09. The molecule has 0 amide bonds. The predicted molar refractivity (Wildman–Crippen MR) is 63.1 cm³/mol. The third-order valence-corrected chi connectivity index (χ3v) is 2.26. The summed E-state index contributed by atoms with van der Waals surface area (Å²) in [6.07, 6.45) is -4.62. The van der Waals surface area contributed by atoms with Crippen molar-refractivity contribution in [2.45, 2.75) is 25.6 Å². The molecule has 0 aliphatic heterocycles. The molecule has 0 saturated carbocycles. The van der Waals surface area contributed by atoms with E-state index in [9.17, 15) is 17.6 Å². The quantitative estimate of drug-likeness (QED) is 0.791. The summed E-state index contributed by atoms with van der Waals surface area (Å²) in [5.74, 6) is -0.400. The second-order valence-corrected chi connectivity index (χ2v) is 3.85. The number of alkyl halides is 4. The summed E-state index contributed by atoms with van der Waals surface area (Å²) in [5.41, 5.74) is 0. The second-order valence-electron chi connectivity index (χ2n) is 3.51. The lowest BCUT2D eigenvalue weighted by molar-refractivity contribution is -0.143. The molecule has 0 bridgehead atoms. The van der Waals surface area contributed by atoms with Crippen LogP contribution in [0, 0.1) is 0 Å². The van der Waals surface area contributed by atoms with Gasteiger partial charge in [0.05, 0.1) is 0 Å². The van der Waals surface area contributed by atoms with Crippen molar-refractivity contribution in [2.24, 2.45) is 0 Å². The fourth-order valence-electron chi connectivity index (χ4n) is 1.22. The lowest BCUT2D eigenvalue weighted by atomic mass is 10.2. The fourth-order valence-corrected chi connectivity index (χ4v) is 1.38. The summed E-state index contributed by atoms with van der Waals surface area (Å²) < 4.78 is 49.7. The first-order valence-electron chi connectivity index (χ1n) is 5.41. The Hall–Kier alpha value is -1.38. The molecule has 10 heteroatoms. The molecule has 1 heterocycles. The number of halogens is 5. The number of anilines is 2. The lowest BCUT2D eigenvalue weighted by Crippen LogP contribution is -2.36. The molecular weight excluding hydrogens is 290 g/mol. The van der Waals surface area contributed by atoms with Gasteiger partial charge < -0.3 is 10.6 Å². The molecule has 0 spiro atoms. The summed E-state index contributed by atoms with van der Waals surface area (Å²) in [7, 11) is 0. The van der Waals surface area contributed by atoms with E-state index < -0.39 is 18.9 Å². The third kappa shape index (κ3) is 5.01. The molecule has 1 atom stereocenters. The van der Waals surface area contributed by atoms with E-state index in [0.29, 0.717) is 0 Å². The van der Waals surface area contributed by atoms with Gasteiger partial charge in [0, 0.05) is 6.54 Å². The van der Waals surface area contributed by atoms with Crippen molar-refractivity contribution in [1.29, 1.82) is 0 Å². The summed E-state index contributed by atoms with van der Waals surface area (Å²) in [4.78, 5) is 10.8. The van der Waals surface area contributed by atoms with Gasteiger partial charge in [-0.15, -0.1) is 0 Å². The number of hydrogen-bond acceptors (Lipinski definition) is 5. The van der Waals surface area contributed by atoms with Crippen LogP contribution in [-0.4, -0.2) is 40.4 Å². The van der Waals surface area contributed by atoms with Gasteiger partial charge in [-0.05, 0) is 18.0 Å². The average Bonchev–Trinajstić information content (AvgIpc) is 2.31. The molecule has 19 heavy (non-hydrogen) atoms. The highest BCUT2D eigenvalue weighted by molar-refractivity contribution is 6.28. The number of hydrogen-bond donors (Lipinski definition) is 2. The standard InChI is InChI=1S/C9H12ClF4N5/c1-2-5(9(12,13)14)16-8-18-6(10)17-7(19-8)15-4-3-11/h5H,2-4H2,1H3,(H2,15,16,17,18,19)/t5-/m1/s1. The summed E-state index contributed by atoms with van der Waals surface area (Å²) >= 11 is 5.55. The molecule has 1 aromatic rings. The van der Waals surface area contributed by atoms with E-state index in [4.69, 9.17) is 11.6 Å². The maximum absolute atomic E-state index is 12.6. The van der Waals surface area contributed by atoms with Crippen LogP contribution in [0.25, 0.3) is 0 Å². The average molecular weight is 302 g/mol. The van der Waals surface area contributed by atoms with Crippen LogP contribution < -0.4 is 10.6 Å². The van der Waals surface area contributed by atoms with E-state index in [1.165, 1.54) is 6.92 Å². The van der Waals surface area contributed by atoms with E-state index in [-0.39, 0.29) is 30.1 Å². The number of nitrogens with zero attached hydrogens (tertiary/aromatic N) is 3. The molecule has 2 N–H and O–H groups in total. The van der Waals surface area contributed by atoms with E-state index in [0.717, 1.165) is 0 Å². The molecule has 0 saturated heterocycles. The minimum atomic E-state index is -4.43. The molecule has 108 valence electrons. The molecule has 1 rings (SSSR count). The van der Waals surface area contributed by atoms with Crippen LogP contribution in [0.2, 0.25) is 5.28 Å². The molecule has 0 aromatic carbocycles. The van der Waals surface area contributed by atoms with Crippen LogP contribution in [-0.2, 0) is 0 Å². The van der Waals surface area contributed by atoms with Gasteiger partial charge in [0.15, 0.2) is 0 Å². The number of rotatable bonds is 6. The van der Waals surface area contributed by atoms with E-state index in [1.807, 2.05) is 0 Å². The smallest absolute Gasteiger partial charge is 0.351 e. The number of aromatic nitrogens is 3. The Labute approximate surface area is 111 Å². The van der Waals surface area contributed by atoms with Crippen LogP contribution in [0.5, 0.6) is 0 Å². The molecule has 0 aliphatic carbocycles. The minimum absolute atomic E-state index is 0.0732. The Bertz CT molecular complexity index is 414. The first kappa shape index (κ1) is 15.7. The Morgan fingerprint density at radius 3 is 2.37 bits per heavy atom. The van der Waals surface area contributed by atoms with Gasteiger partial charge in [0.1, 0.15) is 12.7 Å². The lowest BCUT2D eigenvalue weighted by Gasteiger charge is -2.20. The van der Waals surface area contributed by atoms with Crippen LogP contribution in [0.4, 0.5) is 29.5 Å². The van der Waals surface area contributed by atoms with Crippen LogP contribution in [0.15, 0.2) is 0 Å². The highest BCUT2D eigenvalue weighted by Crippen LogP contribution is 2.25. The van der Waals surface area contributed by atoms with Crippen molar-refractivity contribution >= 4 is 23.5 Å². The highest BCUT2D eigenvalue weighted by Gasteiger charge is 2.38. The normalized spacial score (nSPS) is 13.2. The zero-order chi connectivity index (χ0) is 14.5. The largest absolute Gasteiger partial charge is 0.408 e. The Kier molecular flexibility index (Phi) is 5.52. The zero-order valence-corrected chi connectivity index (χ0v) is 10.7. The van der Waals surface area contributed by atoms with Crippen molar-refractivity contribution in [1.82, 2.24) is 15.0 Å². The van der Waals surface area contributed by atoms with Gasteiger partial charge >= 0.3 is 6.18 Å². The fraction of sp³-hybridized carbons (Fsp3) is 0.667. The van der Waals surface area contributed by atoms with Crippen molar-refractivity contribution in [3.05, 3.63) is 5.28 Å². The highest BCUT2D eigenvalue weighted by atomic mass is 35.5. The number of nitrogens with one attached hydrogen (secondary N) is 2. The summed E-state index contributed by atoms with van der Waals surface area (Å²) in [6, 6.07) is -1.79. The molecule has 0 aliphatic rings. The predicted octanol–water partition coefficient (Wildman–Crippen LogP) is 2.66. The molecule has 0 radical (unpaired) electrons. The van der Waals surface area contributed by atoms with Crippen molar-refractivity contribution in [3.63, 3.8) is 0 Å². The van der Waals surface area contributed by atoms with Crippen LogP contribution in [0.3, 0.4) is 0 Å². The van der Waals surface area contributed by atoms with Gasteiger partial charge in [-0.1, -0.05) is 6.92 Å². The first-order valence-corrected chi connectivity index (χ1v) is 5.79. The van der Waals surface area contributed by atoms with E-state index in [1.54, 1.807) is 0 Å². The first-order chi connectivity index (χ1) is 8.86. The summed E-state index contributed by atoms with van der Waals surface area (Å²) in [5, 5.41) is 4.30. The van der Waals surface area contributed by atoms with Gasteiger partial charge in [-0.2, -0.15) is 28.1 Å². The topological polar surface area (TPSA) is 62.7 Å². The Balaban J connectivity index is 2.85. The zero-order valence-electron chi connectivity index (χ0n) is 9.93. The molecule has 1 aromatic heterocycles. The van der Waals surface area contributed by atoms with Crippen molar-refractivity contribution < 1.29 is 17.6 Å². The molecule has 0 unspecified atom stereocenters. The van der Waals surface area contributed by atoms with E-state index in [2.05, 4.69) is 25.6 Å². The van der Waals surface area contributed by atoms with Crippen LogP contribution in [0.1, 0.15) is 13.3 Å². The molecule has 0 fully saturated rings. The second kappa shape index (κ2) is 6.69. The summed E-state index contributed by atoms with van der Waals surface area (Å²) in [6.45, 7) is 0.624. The maximum Gasteiger partial charge on any atom is 0.408 e.